The second-order valence-electron chi connectivity index (χ2n) is 5.74. The van der Waals surface area contributed by atoms with Gasteiger partial charge in [-0.3, -0.25) is 9.69 Å². The van der Waals surface area contributed by atoms with E-state index in [0.29, 0.717) is 12.1 Å². The molecule has 6 nitrogen and oxygen atoms in total. The van der Waals surface area contributed by atoms with Crippen molar-refractivity contribution in [3.05, 3.63) is 46.2 Å². The van der Waals surface area contributed by atoms with Crippen LogP contribution in [0.2, 0.25) is 0 Å². The maximum atomic E-state index is 12.3. The maximum Gasteiger partial charge on any atom is 0.269 e. The van der Waals surface area contributed by atoms with Gasteiger partial charge in [0, 0.05) is 30.8 Å². The molecule has 122 valence electrons. The standard InChI is InChI=1S/C17H21N3O3/c1-13-12-16(14-2-4-15(21)5-3-14)18-20(17(13)22)7-6-19-8-10-23-11-9-19/h2-5,12,21H,6-11H2,1H3. The molecular formula is C17H21N3O3. The number of aromatic nitrogens is 2. The van der Waals surface area contributed by atoms with Gasteiger partial charge in [-0.2, -0.15) is 5.10 Å². The molecule has 1 aromatic carbocycles. The molecule has 1 aromatic heterocycles. The summed E-state index contributed by atoms with van der Waals surface area (Å²) in [5.41, 5.74) is 2.24. The summed E-state index contributed by atoms with van der Waals surface area (Å²) in [7, 11) is 0. The molecule has 0 saturated carbocycles. The van der Waals surface area contributed by atoms with E-state index in [0.717, 1.165) is 44.1 Å². The fourth-order valence-corrected chi connectivity index (χ4v) is 2.66. The van der Waals surface area contributed by atoms with Gasteiger partial charge < -0.3 is 9.84 Å². The molecule has 1 aliphatic heterocycles. The molecule has 2 aromatic rings. The van der Waals surface area contributed by atoms with Gasteiger partial charge in [-0.15, -0.1) is 0 Å². The Labute approximate surface area is 134 Å². The second-order valence-corrected chi connectivity index (χ2v) is 5.74. The maximum absolute atomic E-state index is 12.3. The lowest BCUT2D eigenvalue weighted by atomic mass is 10.1. The van der Waals surface area contributed by atoms with Gasteiger partial charge in [-0.25, -0.2) is 4.68 Å². The number of phenolic OH excluding ortho intramolecular Hbond substituents is 1. The highest BCUT2D eigenvalue weighted by Crippen LogP contribution is 2.19. The van der Waals surface area contributed by atoms with Gasteiger partial charge in [-0.05, 0) is 37.3 Å². The van der Waals surface area contributed by atoms with Crippen molar-refractivity contribution in [1.82, 2.24) is 14.7 Å². The molecule has 3 rings (SSSR count). The number of hydrogen-bond donors (Lipinski definition) is 1. The largest absolute Gasteiger partial charge is 0.508 e. The molecule has 1 saturated heterocycles. The summed E-state index contributed by atoms with van der Waals surface area (Å²) >= 11 is 0. The van der Waals surface area contributed by atoms with Crippen LogP contribution < -0.4 is 5.56 Å². The van der Waals surface area contributed by atoms with Crippen molar-refractivity contribution in [1.29, 1.82) is 0 Å². The molecule has 1 N–H and O–H groups in total. The molecule has 0 radical (unpaired) electrons. The zero-order valence-electron chi connectivity index (χ0n) is 13.2. The van der Waals surface area contributed by atoms with E-state index < -0.39 is 0 Å². The van der Waals surface area contributed by atoms with Crippen molar-refractivity contribution in [2.75, 3.05) is 32.8 Å². The van der Waals surface area contributed by atoms with Crippen LogP contribution in [0.15, 0.2) is 35.1 Å². The lowest BCUT2D eigenvalue weighted by Gasteiger charge is -2.26. The Morgan fingerprint density at radius 1 is 1.17 bits per heavy atom. The molecule has 6 heteroatoms. The number of phenols is 1. The van der Waals surface area contributed by atoms with Crippen LogP contribution in [0.3, 0.4) is 0 Å². The van der Waals surface area contributed by atoms with Crippen molar-refractivity contribution >= 4 is 0 Å². The lowest BCUT2D eigenvalue weighted by Crippen LogP contribution is -2.40. The SMILES string of the molecule is Cc1cc(-c2ccc(O)cc2)nn(CCN2CCOCC2)c1=O. The monoisotopic (exact) mass is 315 g/mol. The first-order valence-electron chi connectivity index (χ1n) is 7.82. The third kappa shape index (κ3) is 3.78. The van der Waals surface area contributed by atoms with Gasteiger partial charge in [0.1, 0.15) is 5.75 Å². The quantitative estimate of drug-likeness (QED) is 0.920. The molecule has 1 fully saturated rings. The summed E-state index contributed by atoms with van der Waals surface area (Å²) in [6.07, 6.45) is 0. The summed E-state index contributed by atoms with van der Waals surface area (Å²) in [5, 5.41) is 13.9. The number of rotatable bonds is 4. The van der Waals surface area contributed by atoms with E-state index in [4.69, 9.17) is 4.74 Å². The zero-order valence-corrected chi connectivity index (χ0v) is 13.2. The first-order valence-corrected chi connectivity index (χ1v) is 7.82. The molecule has 0 spiro atoms. The van der Waals surface area contributed by atoms with Gasteiger partial charge in [0.15, 0.2) is 0 Å². The zero-order chi connectivity index (χ0) is 16.2. The van der Waals surface area contributed by atoms with Gasteiger partial charge in [0.2, 0.25) is 0 Å². The predicted molar refractivity (Wildman–Crippen MR) is 87.6 cm³/mol. The van der Waals surface area contributed by atoms with Crippen LogP contribution in [-0.2, 0) is 11.3 Å². The summed E-state index contributed by atoms with van der Waals surface area (Å²) in [4.78, 5) is 14.6. The molecule has 0 amide bonds. The summed E-state index contributed by atoms with van der Waals surface area (Å²) in [5.74, 6) is 0.214. The van der Waals surface area contributed by atoms with Crippen LogP contribution in [-0.4, -0.2) is 52.6 Å². The fraction of sp³-hybridized carbons (Fsp3) is 0.412. The normalized spacial score (nSPS) is 15.7. The van der Waals surface area contributed by atoms with Crippen molar-refractivity contribution in [3.63, 3.8) is 0 Å². The number of hydrogen-bond acceptors (Lipinski definition) is 5. The highest BCUT2D eigenvalue weighted by molar-refractivity contribution is 5.59. The Balaban J connectivity index is 1.81. The van der Waals surface area contributed by atoms with E-state index in [1.54, 1.807) is 37.3 Å². The van der Waals surface area contributed by atoms with Gasteiger partial charge >= 0.3 is 0 Å². The summed E-state index contributed by atoms with van der Waals surface area (Å²) in [6.45, 7) is 6.43. The Morgan fingerprint density at radius 3 is 2.57 bits per heavy atom. The van der Waals surface area contributed by atoms with E-state index in [2.05, 4.69) is 10.00 Å². The molecule has 2 heterocycles. The molecule has 1 aliphatic rings. The van der Waals surface area contributed by atoms with Crippen LogP contribution in [0.4, 0.5) is 0 Å². The molecular weight excluding hydrogens is 294 g/mol. The van der Waals surface area contributed by atoms with Gasteiger partial charge in [-0.1, -0.05) is 0 Å². The Kier molecular flexibility index (Phi) is 4.73. The van der Waals surface area contributed by atoms with Crippen LogP contribution in [0.1, 0.15) is 5.56 Å². The van der Waals surface area contributed by atoms with E-state index in [9.17, 15) is 9.90 Å². The Morgan fingerprint density at radius 2 is 1.87 bits per heavy atom. The predicted octanol–water partition coefficient (Wildman–Crippen LogP) is 1.26. The number of morpholine rings is 1. The number of aromatic hydroxyl groups is 1. The Bertz CT molecular complexity index is 719. The molecule has 0 atom stereocenters. The van der Waals surface area contributed by atoms with Crippen molar-refractivity contribution in [3.8, 4) is 17.0 Å². The van der Waals surface area contributed by atoms with Crippen molar-refractivity contribution < 1.29 is 9.84 Å². The van der Waals surface area contributed by atoms with E-state index in [1.165, 1.54) is 4.68 Å². The Hall–Kier alpha value is -2.18. The van der Waals surface area contributed by atoms with Crippen LogP contribution >= 0.6 is 0 Å². The van der Waals surface area contributed by atoms with E-state index in [1.807, 2.05) is 0 Å². The topological polar surface area (TPSA) is 67.6 Å². The van der Waals surface area contributed by atoms with Crippen molar-refractivity contribution in [2.24, 2.45) is 0 Å². The highest BCUT2D eigenvalue weighted by atomic mass is 16.5. The molecule has 23 heavy (non-hydrogen) atoms. The minimum Gasteiger partial charge on any atom is -0.508 e. The minimum absolute atomic E-state index is 0.0548. The first-order chi connectivity index (χ1) is 11.1. The number of aryl methyl sites for hydroxylation is 1. The minimum atomic E-state index is -0.0548. The van der Waals surface area contributed by atoms with Gasteiger partial charge in [0.25, 0.3) is 5.56 Å². The van der Waals surface area contributed by atoms with Gasteiger partial charge in [0.05, 0.1) is 25.5 Å². The number of nitrogens with zero attached hydrogens (tertiary/aromatic N) is 3. The third-order valence-electron chi connectivity index (χ3n) is 4.05. The molecule has 0 bridgehead atoms. The molecule has 0 aliphatic carbocycles. The van der Waals surface area contributed by atoms with Crippen LogP contribution in [0.5, 0.6) is 5.75 Å². The van der Waals surface area contributed by atoms with E-state index >= 15 is 0 Å². The second kappa shape index (κ2) is 6.93. The average Bonchev–Trinajstić information content (AvgIpc) is 2.58. The average molecular weight is 315 g/mol. The van der Waals surface area contributed by atoms with Crippen LogP contribution in [0, 0.1) is 6.92 Å². The number of ether oxygens (including phenoxy) is 1. The van der Waals surface area contributed by atoms with E-state index in [-0.39, 0.29) is 11.3 Å². The molecule has 0 unspecified atom stereocenters. The third-order valence-corrected chi connectivity index (χ3v) is 4.05. The lowest BCUT2D eigenvalue weighted by molar-refractivity contribution is 0.0358. The smallest absolute Gasteiger partial charge is 0.269 e. The summed E-state index contributed by atoms with van der Waals surface area (Å²) in [6, 6.07) is 8.63. The van der Waals surface area contributed by atoms with Crippen molar-refractivity contribution in [2.45, 2.75) is 13.5 Å². The number of benzene rings is 1. The van der Waals surface area contributed by atoms with Crippen LogP contribution in [0.25, 0.3) is 11.3 Å². The summed E-state index contributed by atoms with van der Waals surface area (Å²) < 4.78 is 6.87. The first kappa shape index (κ1) is 15.7. The fourth-order valence-electron chi connectivity index (χ4n) is 2.66. The highest BCUT2D eigenvalue weighted by Gasteiger charge is 2.12.